The second kappa shape index (κ2) is 6.12. The van der Waals surface area contributed by atoms with Gasteiger partial charge in [0, 0.05) is 23.8 Å². The van der Waals surface area contributed by atoms with Crippen molar-refractivity contribution in [1.29, 1.82) is 0 Å². The van der Waals surface area contributed by atoms with Crippen LogP contribution in [0.15, 0.2) is 0 Å². The molecule has 15 heavy (non-hydrogen) atoms. The summed E-state index contributed by atoms with van der Waals surface area (Å²) >= 11 is 2.04. The summed E-state index contributed by atoms with van der Waals surface area (Å²) in [7, 11) is 0. The number of aliphatic hydroxyl groups excluding tert-OH is 1. The lowest BCUT2D eigenvalue weighted by molar-refractivity contribution is 0.0472. The van der Waals surface area contributed by atoms with Gasteiger partial charge in [0.15, 0.2) is 0 Å². The van der Waals surface area contributed by atoms with Gasteiger partial charge in [-0.05, 0) is 31.9 Å². The highest BCUT2D eigenvalue weighted by atomic mass is 32.2. The van der Waals surface area contributed by atoms with Gasteiger partial charge in [-0.25, -0.2) is 0 Å². The van der Waals surface area contributed by atoms with Crippen molar-refractivity contribution in [2.24, 2.45) is 5.41 Å². The molecule has 2 N–H and O–H groups in total. The summed E-state index contributed by atoms with van der Waals surface area (Å²) in [5.41, 5.74) is 0.0299. The molecule has 1 aliphatic heterocycles. The lowest BCUT2D eigenvalue weighted by Crippen LogP contribution is -2.45. The second-order valence-electron chi connectivity index (χ2n) is 4.98. The van der Waals surface area contributed by atoms with Gasteiger partial charge in [0.2, 0.25) is 0 Å². The van der Waals surface area contributed by atoms with E-state index in [-0.39, 0.29) is 11.5 Å². The Morgan fingerprint density at radius 3 is 2.80 bits per heavy atom. The lowest BCUT2D eigenvalue weighted by atomic mass is 9.82. The van der Waals surface area contributed by atoms with Crippen molar-refractivity contribution in [3.63, 3.8) is 0 Å². The number of rotatable bonds is 5. The molecule has 1 fully saturated rings. The minimum Gasteiger partial charge on any atom is -0.393 e. The molecule has 3 unspecified atom stereocenters. The predicted molar refractivity (Wildman–Crippen MR) is 68.4 cm³/mol. The first-order chi connectivity index (χ1) is 7.08. The van der Waals surface area contributed by atoms with Crippen molar-refractivity contribution < 1.29 is 5.11 Å². The third-order valence-corrected chi connectivity index (χ3v) is 4.99. The van der Waals surface area contributed by atoms with Crippen molar-refractivity contribution in [2.75, 3.05) is 18.1 Å². The van der Waals surface area contributed by atoms with E-state index in [4.69, 9.17) is 0 Å². The van der Waals surface area contributed by atoms with E-state index in [1.807, 2.05) is 18.7 Å². The topological polar surface area (TPSA) is 32.3 Å². The zero-order valence-corrected chi connectivity index (χ0v) is 11.1. The molecular weight excluding hydrogens is 206 g/mol. The largest absolute Gasteiger partial charge is 0.393 e. The highest BCUT2D eigenvalue weighted by Gasteiger charge is 2.28. The Morgan fingerprint density at radius 1 is 1.60 bits per heavy atom. The molecule has 2 nitrogen and oxygen atoms in total. The fourth-order valence-electron chi connectivity index (χ4n) is 1.85. The third-order valence-electron chi connectivity index (χ3n) is 3.77. The molecule has 0 bridgehead atoms. The summed E-state index contributed by atoms with van der Waals surface area (Å²) in [6.07, 6.45) is 3.43. The van der Waals surface area contributed by atoms with Crippen LogP contribution in [0.4, 0.5) is 0 Å². The molecule has 0 aromatic heterocycles. The molecule has 1 aliphatic rings. The van der Waals surface area contributed by atoms with E-state index in [1.54, 1.807) is 0 Å². The Morgan fingerprint density at radius 2 is 2.33 bits per heavy atom. The molecule has 0 aromatic carbocycles. The zero-order chi connectivity index (χ0) is 11.3. The smallest absolute Gasteiger partial charge is 0.0577 e. The molecule has 0 amide bonds. The first-order valence-electron chi connectivity index (χ1n) is 6.07. The lowest BCUT2D eigenvalue weighted by Gasteiger charge is -2.34. The molecule has 0 radical (unpaired) electrons. The molecule has 90 valence electrons. The minimum atomic E-state index is -0.230. The van der Waals surface area contributed by atoms with Gasteiger partial charge >= 0.3 is 0 Å². The van der Waals surface area contributed by atoms with E-state index in [1.165, 1.54) is 24.3 Å². The van der Waals surface area contributed by atoms with E-state index < -0.39 is 0 Å². The summed E-state index contributed by atoms with van der Waals surface area (Å²) in [6, 6.07) is 0.661. The molecule has 0 spiro atoms. The van der Waals surface area contributed by atoms with Gasteiger partial charge in [0.25, 0.3) is 0 Å². The average molecular weight is 231 g/mol. The molecule has 0 aliphatic carbocycles. The Bertz CT molecular complexity index is 180. The van der Waals surface area contributed by atoms with Crippen molar-refractivity contribution in [2.45, 2.75) is 52.2 Å². The molecule has 1 heterocycles. The van der Waals surface area contributed by atoms with Gasteiger partial charge in [-0.15, -0.1) is 0 Å². The maximum Gasteiger partial charge on any atom is 0.0577 e. The molecule has 0 aromatic rings. The van der Waals surface area contributed by atoms with E-state index in [9.17, 15) is 5.11 Å². The van der Waals surface area contributed by atoms with Crippen LogP contribution >= 0.6 is 11.8 Å². The fourth-order valence-corrected chi connectivity index (χ4v) is 2.95. The van der Waals surface area contributed by atoms with Gasteiger partial charge in [-0.1, -0.05) is 13.8 Å². The van der Waals surface area contributed by atoms with Crippen LogP contribution in [0.3, 0.4) is 0 Å². The number of thioether (sulfide) groups is 1. The molecule has 3 atom stereocenters. The molecule has 0 saturated carbocycles. The van der Waals surface area contributed by atoms with Crippen LogP contribution in [0.2, 0.25) is 0 Å². The minimum absolute atomic E-state index is 0.0299. The third kappa shape index (κ3) is 3.97. The van der Waals surface area contributed by atoms with Crippen LogP contribution in [0, 0.1) is 5.41 Å². The molecule has 3 heteroatoms. The second-order valence-corrected chi connectivity index (χ2v) is 6.13. The first-order valence-corrected chi connectivity index (χ1v) is 7.23. The van der Waals surface area contributed by atoms with Crippen molar-refractivity contribution in [3.05, 3.63) is 0 Å². The van der Waals surface area contributed by atoms with Gasteiger partial charge in [-0.2, -0.15) is 11.8 Å². The monoisotopic (exact) mass is 231 g/mol. The van der Waals surface area contributed by atoms with Crippen molar-refractivity contribution in [3.8, 4) is 0 Å². The summed E-state index contributed by atoms with van der Waals surface area (Å²) in [6.45, 7) is 7.16. The Kier molecular flexibility index (Phi) is 5.44. The fraction of sp³-hybridized carbons (Fsp3) is 1.00. The summed E-state index contributed by atoms with van der Waals surface area (Å²) in [5, 5.41) is 13.4. The summed E-state index contributed by atoms with van der Waals surface area (Å²) in [4.78, 5) is 0. The SMILES string of the molecule is CCC(C)(CNC1CCCSC1)C(C)O. The first kappa shape index (κ1) is 13.3. The van der Waals surface area contributed by atoms with Gasteiger partial charge in [0.05, 0.1) is 6.10 Å². The molecular formula is C12H25NOS. The van der Waals surface area contributed by atoms with Gasteiger partial charge in [0.1, 0.15) is 0 Å². The van der Waals surface area contributed by atoms with Gasteiger partial charge < -0.3 is 10.4 Å². The Hall–Kier alpha value is 0.270. The zero-order valence-electron chi connectivity index (χ0n) is 10.3. The van der Waals surface area contributed by atoms with Crippen molar-refractivity contribution >= 4 is 11.8 Å². The van der Waals surface area contributed by atoms with Gasteiger partial charge in [-0.3, -0.25) is 0 Å². The number of hydrogen-bond acceptors (Lipinski definition) is 3. The van der Waals surface area contributed by atoms with E-state index in [0.717, 1.165) is 13.0 Å². The van der Waals surface area contributed by atoms with Crippen molar-refractivity contribution in [1.82, 2.24) is 5.32 Å². The van der Waals surface area contributed by atoms with Crippen LogP contribution in [0.25, 0.3) is 0 Å². The Labute approximate surface area is 98.2 Å². The van der Waals surface area contributed by atoms with Crippen LogP contribution in [0.1, 0.15) is 40.0 Å². The molecule has 1 rings (SSSR count). The van der Waals surface area contributed by atoms with E-state index in [2.05, 4.69) is 19.2 Å². The maximum absolute atomic E-state index is 9.76. The molecule has 1 saturated heterocycles. The van der Waals surface area contributed by atoms with Crippen LogP contribution in [-0.2, 0) is 0 Å². The normalized spacial score (nSPS) is 28.4. The summed E-state index contributed by atoms with van der Waals surface area (Å²) < 4.78 is 0. The predicted octanol–water partition coefficient (Wildman–Crippen LogP) is 2.27. The number of aliphatic hydroxyl groups is 1. The highest BCUT2D eigenvalue weighted by Crippen LogP contribution is 2.26. The van der Waals surface area contributed by atoms with Crippen LogP contribution in [-0.4, -0.2) is 35.3 Å². The summed E-state index contributed by atoms with van der Waals surface area (Å²) in [5.74, 6) is 2.55. The Balaban J connectivity index is 2.32. The van der Waals surface area contributed by atoms with E-state index in [0.29, 0.717) is 6.04 Å². The quantitative estimate of drug-likeness (QED) is 0.761. The number of nitrogens with one attached hydrogen (secondary N) is 1. The number of hydrogen-bond donors (Lipinski definition) is 2. The standard InChI is InChI=1S/C12H25NOS/c1-4-12(3,10(2)14)9-13-11-6-5-7-15-8-11/h10-11,13-14H,4-9H2,1-3H3. The van der Waals surface area contributed by atoms with E-state index >= 15 is 0 Å². The van der Waals surface area contributed by atoms with Crippen LogP contribution < -0.4 is 5.32 Å². The average Bonchev–Trinajstić information content (AvgIpc) is 2.27. The van der Waals surface area contributed by atoms with Crippen LogP contribution in [0.5, 0.6) is 0 Å². The maximum atomic E-state index is 9.76. The highest BCUT2D eigenvalue weighted by molar-refractivity contribution is 7.99.